The van der Waals surface area contributed by atoms with Crippen LogP contribution in [0.1, 0.15) is 34.4 Å². The van der Waals surface area contributed by atoms with Crippen LogP contribution >= 0.6 is 0 Å². The van der Waals surface area contributed by atoms with E-state index in [1.54, 1.807) is 37.3 Å². The largest absolute Gasteiger partial charge is 0.323 e. The maximum Gasteiger partial charge on any atom is 0.274 e. The zero-order valence-electron chi connectivity index (χ0n) is 15.7. The minimum Gasteiger partial charge on any atom is -0.323 e. The monoisotopic (exact) mass is 369 g/mol. The number of benzene rings is 2. The van der Waals surface area contributed by atoms with Gasteiger partial charge in [0, 0.05) is 23.5 Å². The molecule has 6 nitrogen and oxygen atoms in total. The summed E-state index contributed by atoms with van der Waals surface area (Å²) < 4.78 is 0. The standard InChI is InChI=1S/C22H19N5O/c1-14-11-17-5-3-4-6-20(17)27(14)21-12-19(24-15(2)25-21)22(28)26-18-9-7-16(13-23)8-10-18/h3-10,12,14H,11H2,1-2H3,(H,26,28). The topological polar surface area (TPSA) is 81.9 Å². The molecular weight excluding hydrogens is 350 g/mol. The molecule has 1 amide bonds. The van der Waals surface area contributed by atoms with Crippen LogP contribution in [0.25, 0.3) is 0 Å². The Balaban J connectivity index is 1.64. The number of aromatic nitrogens is 2. The maximum atomic E-state index is 12.7. The van der Waals surface area contributed by atoms with Gasteiger partial charge in [-0.1, -0.05) is 18.2 Å². The van der Waals surface area contributed by atoms with E-state index >= 15 is 0 Å². The van der Waals surface area contributed by atoms with Crippen LogP contribution in [0.3, 0.4) is 0 Å². The van der Waals surface area contributed by atoms with E-state index < -0.39 is 0 Å². The first kappa shape index (κ1) is 17.7. The van der Waals surface area contributed by atoms with Gasteiger partial charge in [-0.2, -0.15) is 5.26 Å². The highest BCUT2D eigenvalue weighted by atomic mass is 16.1. The lowest BCUT2D eigenvalue weighted by molar-refractivity contribution is 0.102. The second-order valence-corrected chi connectivity index (χ2v) is 6.85. The molecule has 0 aliphatic carbocycles. The van der Waals surface area contributed by atoms with Crippen LogP contribution in [0.2, 0.25) is 0 Å². The highest BCUT2D eigenvalue weighted by Gasteiger charge is 2.28. The zero-order valence-corrected chi connectivity index (χ0v) is 15.7. The van der Waals surface area contributed by atoms with E-state index in [1.165, 1.54) is 5.56 Å². The van der Waals surface area contributed by atoms with Crippen LogP contribution in [0.4, 0.5) is 17.2 Å². The first-order valence-corrected chi connectivity index (χ1v) is 9.09. The Hall–Kier alpha value is -3.72. The van der Waals surface area contributed by atoms with E-state index in [4.69, 9.17) is 5.26 Å². The second kappa shape index (κ2) is 7.12. The first-order chi connectivity index (χ1) is 13.5. The molecule has 1 aliphatic rings. The van der Waals surface area contributed by atoms with Crippen molar-refractivity contribution in [2.24, 2.45) is 0 Å². The van der Waals surface area contributed by atoms with Crippen molar-refractivity contribution in [1.29, 1.82) is 5.26 Å². The van der Waals surface area contributed by atoms with Crippen molar-refractivity contribution in [2.75, 3.05) is 10.2 Å². The van der Waals surface area contributed by atoms with Crippen LogP contribution in [-0.4, -0.2) is 21.9 Å². The second-order valence-electron chi connectivity index (χ2n) is 6.85. The number of para-hydroxylation sites is 1. The highest BCUT2D eigenvalue weighted by molar-refractivity contribution is 6.03. The van der Waals surface area contributed by atoms with Gasteiger partial charge in [0.2, 0.25) is 0 Å². The lowest BCUT2D eigenvalue weighted by atomic mass is 10.1. The zero-order chi connectivity index (χ0) is 19.7. The normalized spacial score (nSPS) is 15.0. The number of nitrogens with zero attached hydrogens (tertiary/aromatic N) is 4. The number of carbonyl (C=O) groups is 1. The Bertz CT molecular complexity index is 1080. The molecule has 0 bridgehead atoms. The lowest BCUT2D eigenvalue weighted by Gasteiger charge is -2.24. The average Bonchev–Trinajstić information content (AvgIpc) is 3.03. The molecule has 1 aromatic heterocycles. The quantitative estimate of drug-likeness (QED) is 0.755. The third kappa shape index (κ3) is 3.30. The van der Waals surface area contributed by atoms with Gasteiger partial charge in [0.05, 0.1) is 11.6 Å². The summed E-state index contributed by atoms with van der Waals surface area (Å²) in [6, 6.07) is 19.0. The van der Waals surface area contributed by atoms with Crippen LogP contribution < -0.4 is 10.2 Å². The predicted molar refractivity (Wildman–Crippen MR) is 108 cm³/mol. The number of anilines is 3. The number of amides is 1. The molecule has 2 heterocycles. The molecular formula is C22H19N5O. The van der Waals surface area contributed by atoms with Gasteiger partial charge in [0.25, 0.3) is 5.91 Å². The summed E-state index contributed by atoms with van der Waals surface area (Å²) in [5.41, 5.74) is 3.85. The van der Waals surface area contributed by atoms with E-state index in [0.29, 0.717) is 22.8 Å². The van der Waals surface area contributed by atoms with Crippen LogP contribution in [0.15, 0.2) is 54.6 Å². The molecule has 1 atom stereocenters. The molecule has 0 radical (unpaired) electrons. The van der Waals surface area contributed by atoms with Crippen LogP contribution in [0.5, 0.6) is 0 Å². The van der Waals surface area contributed by atoms with E-state index in [1.807, 2.05) is 12.1 Å². The van der Waals surface area contributed by atoms with E-state index in [-0.39, 0.29) is 11.9 Å². The summed E-state index contributed by atoms with van der Waals surface area (Å²) in [6.45, 7) is 3.93. The van der Waals surface area contributed by atoms with Crippen molar-refractivity contribution in [3.05, 3.63) is 77.2 Å². The molecule has 138 valence electrons. The van der Waals surface area contributed by atoms with Crippen molar-refractivity contribution in [2.45, 2.75) is 26.3 Å². The summed E-state index contributed by atoms with van der Waals surface area (Å²) in [5.74, 6) is 0.950. The fraction of sp³-hybridized carbons (Fsp3) is 0.182. The molecule has 0 saturated heterocycles. The van der Waals surface area contributed by atoms with Crippen molar-refractivity contribution >= 4 is 23.1 Å². The molecule has 2 aromatic carbocycles. The Morgan fingerprint density at radius 2 is 1.93 bits per heavy atom. The highest BCUT2D eigenvalue weighted by Crippen LogP contribution is 2.37. The van der Waals surface area contributed by atoms with Gasteiger partial charge < -0.3 is 10.2 Å². The summed E-state index contributed by atoms with van der Waals surface area (Å²) >= 11 is 0. The first-order valence-electron chi connectivity index (χ1n) is 9.09. The van der Waals surface area contributed by atoms with Gasteiger partial charge >= 0.3 is 0 Å². The molecule has 3 aromatic rings. The lowest BCUT2D eigenvalue weighted by Crippen LogP contribution is -2.26. The summed E-state index contributed by atoms with van der Waals surface area (Å²) in [7, 11) is 0. The van der Waals surface area contributed by atoms with Crippen LogP contribution in [0, 0.1) is 18.3 Å². The van der Waals surface area contributed by atoms with Crippen molar-refractivity contribution in [3.8, 4) is 6.07 Å². The molecule has 0 fully saturated rings. The van der Waals surface area contributed by atoms with E-state index in [2.05, 4.69) is 45.3 Å². The molecule has 0 spiro atoms. The Kier molecular flexibility index (Phi) is 4.50. The predicted octanol–water partition coefficient (Wildman–Crippen LogP) is 3.99. The van der Waals surface area contributed by atoms with Gasteiger partial charge in [-0.05, 0) is 56.2 Å². The summed E-state index contributed by atoms with van der Waals surface area (Å²) in [6.07, 6.45) is 0.937. The molecule has 1 N–H and O–H groups in total. The number of fused-ring (bicyclic) bond motifs is 1. The fourth-order valence-corrected chi connectivity index (χ4v) is 3.53. The Labute approximate surface area is 163 Å². The molecule has 1 aliphatic heterocycles. The van der Waals surface area contributed by atoms with Crippen LogP contribution in [-0.2, 0) is 6.42 Å². The van der Waals surface area contributed by atoms with Crippen molar-refractivity contribution < 1.29 is 4.79 Å². The number of aryl methyl sites for hydroxylation is 1. The molecule has 6 heteroatoms. The van der Waals surface area contributed by atoms with Gasteiger partial charge in [0.1, 0.15) is 17.3 Å². The number of rotatable bonds is 3. The average molecular weight is 369 g/mol. The fourth-order valence-electron chi connectivity index (χ4n) is 3.53. The van der Waals surface area contributed by atoms with E-state index in [9.17, 15) is 4.79 Å². The molecule has 0 saturated carbocycles. The number of nitrogens with one attached hydrogen (secondary N) is 1. The smallest absolute Gasteiger partial charge is 0.274 e. The Morgan fingerprint density at radius 1 is 1.18 bits per heavy atom. The molecule has 28 heavy (non-hydrogen) atoms. The van der Waals surface area contributed by atoms with Gasteiger partial charge in [-0.3, -0.25) is 4.79 Å². The summed E-state index contributed by atoms with van der Waals surface area (Å²) in [4.78, 5) is 23.8. The van der Waals surface area contributed by atoms with Crippen molar-refractivity contribution in [3.63, 3.8) is 0 Å². The van der Waals surface area contributed by atoms with E-state index in [0.717, 1.165) is 17.9 Å². The number of hydrogen-bond donors (Lipinski definition) is 1. The third-order valence-electron chi connectivity index (χ3n) is 4.78. The minimum atomic E-state index is -0.309. The van der Waals surface area contributed by atoms with Gasteiger partial charge in [-0.15, -0.1) is 0 Å². The number of hydrogen-bond acceptors (Lipinski definition) is 5. The maximum absolute atomic E-state index is 12.7. The molecule has 4 rings (SSSR count). The minimum absolute atomic E-state index is 0.251. The number of carbonyl (C=O) groups excluding carboxylic acids is 1. The van der Waals surface area contributed by atoms with Gasteiger partial charge in [-0.25, -0.2) is 9.97 Å². The number of nitriles is 1. The van der Waals surface area contributed by atoms with Crippen molar-refractivity contribution in [1.82, 2.24) is 9.97 Å². The SMILES string of the molecule is Cc1nc(C(=O)Nc2ccc(C#N)cc2)cc(N2c3ccccc3CC2C)n1. The molecule has 1 unspecified atom stereocenters. The third-order valence-corrected chi connectivity index (χ3v) is 4.78. The summed E-state index contributed by atoms with van der Waals surface area (Å²) in [5, 5.41) is 11.7. The van der Waals surface area contributed by atoms with Gasteiger partial charge in [0.15, 0.2) is 0 Å². The Morgan fingerprint density at radius 3 is 2.68 bits per heavy atom.